The molecule has 2 nitrogen and oxygen atoms in total. The van der Waals surface area contributed by atoms with E-state index < -0.39 is 0 Å². The lowest BCUT2D eigenvalue weighted by Crippen LogP contribution is -2.39. The highest BCUT2D eigenvalue weighted by atomic mass is 35.5. The first-order valence-electron chi connectivity index (χ1n) is 8.13. The molecule has 3 heteroatoms. The fourth-order valence-corrected chi connectivity index (χ4v) is 3.73. The Morgan fingerprint density at radius 1 is 1.19 bits per heavy atom. The van der Waals surface area contributed by atoms with Gasteiger partial charge in [-0.15, -0.1) is 0 Å². The van der Waals surface area contributed by atoms with Crippen LogP contribution in [0.3, 0.4) is 0 Å². The van der Waals surface area contributed by atoms with Gasteiger partial charge in [0.2, 0.25) is 0 Å². The quantitative estimate of drug-likeness (QED) is 0.827. The van der Waals surface area contributed by atoms with E-state index in [0.717, 1.165) is 16.6 Å². The first-order valence-corrected chi connectivity index (χ1v) is 8.50. The highest BCUT2D eigenvalue weighted by molar-refractivity contribution is 6.33. The Bertz CT molecular complexity index is 445. The molecular formula is C18H29ClN2. The Hall–Kier alpha value is -0.730. The van der Waals surface area contributed by atoms with Crippen molar-refractivity contribution in [2.24, 2.45) is 23.0 Å². The van der Waals surface area contributed by atoms with E-state index in [4.69, 9.17) is 17.3 Å². The topological polar surface area (TPSA) is 38.0 Å². The number of rotatable bonds is 4. The van der Waals surface area contributed by atoms with E-state index in [1.165, 1.54) is 25.7 Å². The second-order valence-electron chi connectivity index (χ2n) is 7.44. The maximum absolute atomic E-state index is 6.24. The minimum Gasteiger partial charge on any atom is -0.380 e. The predicted octanol–water partition coefficient (Wildman–Crippen LogP) is 4.93. The zero-order valence-corrected chi connectivity index (χ0v) is 14.3. The van der Waals surface area contributed by atoms with E-state index in [2.05, 4.69) is 26.1 Å². The summed E-state index contributed by atoms with van der Waals surface area (Å²) >= 11 is 6.24. The highest BCUT2D eigenvalue weighted by Crippen LogP contribution is 2.41. The number of para-hydroxylation sites is 1. The molecule has 0 heterocycles. The highest BCUT2D eigenvalue weighted by Gasteiger charge is 2.32. The molecule has 1 fully saturated rings. The van der Waals surface area contributed by atoms with Crippen molar-refractivity contribution >= 4 is 17.3 Å². The van der Waals surface area contributed by atoms with Gasteiger partial charge in [0.05, 0.1) is 10.7 Å². The van der Waals surface area contributed by atoms with Crippen molar-refractivity contribution in [1.29, 1.82) is 0 Å². The van der Waals surface area contributed by atoms with Crippen LogP contribution in [0.4, 0.5) is 5.69 Å². The predicted molar refractivity (Wildman–Crippen MR) is 92.8 cm³/mol. The molecule has 0 amide bonds. The molecule has 0 aliphatic heterocycles. The smallest absolute Gasteiger partial charge is 0.0637 e. The molecule has 1 aliphatic carbocycles. The molecule has 1 aromatic carbocycles. The average molecular weight is 309 g/mol. The van der Waals surface area contributed by atoms with Crippen LogP contribution in [0.1, 0.15) is 46.5 Å². The van der Waals surface area contributed by atoms with E-state index in [0.29, 0.717) is 23.9 Å². The van der Waals surface area contributed by atoms with E-state index in [-0.39, 0.29) is 0 Å². The zero-order valence-electron chi connectivity index (χ0n) is 13.5. The molecule has 0 saturated heterocycles. The Balaban J connectivity index is 1.96. The van der Waals surface area contributed by atoms with E-state index >= 15 is 0 Å². The van der Waals surface area contributed by atoms with Crippen LogP contribution < -0.4 is 11.1 Å². The number of benzene rings is 1. The van der Waals surface area contributed by atoms with Gasteiger partial charge in [-0.2, -0.15) is 0 Å². The van der Waals surface area contributed by atoms with Gasteiger partial charge in [-0.25, -0.2) is 0 Å². The van der Waals surface area contributed by atoms with Crippen LogP contribution in [-0.4, -0.2) is 12.6 Å². The monoisotopic (exact) mass is 308 g/mol. The average Bonchev–Trinajstić information content (AvgIpc) is 2.46. The van der Waals surface area contributed by atoms with E-state index in [9.17, 15) is 0 Å². The second kappa shape index (κ2) is 7.02. The van der Waals surface area contributed by atoms with Crippen LogP contribution >= 0.6 is 11.6 Å². The van der Waals surface area contributed by atoms with Crippen molar-refractivity contribution in [2.45, 2.75) is 52.5 Å². The summed E-state index contributed by atoms with van der Waals surface area (Å²) in [6.07, 6.45) is 5.16. The molecule has 21 heavy (non-hydrogen) atoms. The Labute approximate surface area is 134 Å². The molecule has 1 aromatic rings. The Kier molecular flexibility index (Phi) is 5.56. The van der Waals surface area contributed by atoms with Crippen molar-refractivity contribution in [3.05, 3.63) is 29.3 Å². The van der Waals surface area contributed by atoms with E-state index in [1.807, 2.05) is 24.3 Å². The number of anilines is 1. The summed E-state index contributed by atoms with van der Waals surface area (Å²) in [4.78, 5) is 0. The van der Waals surface area contributed by atoms with Crippen LogP contribution in [0, 0.1) is 17.3 Å². The van der Waals surface area contributed by atoms with Gasteiger partial charge >= 0.3 is 0 Å². The molecule has 1 unspecified atom stereocenters. The molecule has 0 spiro atoms. The van der Waals surface area contributed by atoms with Gasteiger partial charge in [0.15, 0.2) is 0 Å². The maximum atomic E-state index is 6.24. The summed E-state index contributed by atoms with van der Waals surface area (Å²) < 4.78 is 0. The lowest BCUT2D eigenvalue weighted by atomic mass is 9.68. The number of halogens is 1. The molecule has 1 aliphatic rings. The third-order valence-electron chi connectivity index (χ3n) is 5.03. The molecule has 1 saturated carbocycles. The molecule has 1 atom stereocenters. The van der Waals surface area contributed by atoms with Gasteiger partial charge in [0, 0.05) is 12.6 Å². The fourth-order valence-electron chi connectivity index (χ4n) is 3.53. The third kappa shape index (κ3) is 4.37. The van der Waals surface area contributed by atoms with Crippen LogP contribution in [0.5, 0.6) is 0 Å². The van der Waals surface area contributed by atoms with Crippen molar-refractivity contribution < 1.29 is 0 Å². The summed E-state index contributed by atoms with van der Waals surface area (Å²) in [5.74, 6) is 1.50. The Morgan fingerprint density at radius 3 is 2.33 bits per heavy atom. The van der Waals surface area contributed by atoms with Gasteiger partial charge in [0.25, 0.3) is 0 Å². The lowest BCUT2D eigenvalue weighted by Gasteiger charge is -2.39. The summed E-state index contributed by atoms with van der Waals surface area (Å²) in [6.45, 7) is 7.75. The van der Waals surface area contributed by atoms with Crippen molar-refractivity contribution in [3.63, 3.8) is 0 Å². The zero-order chi connectivity index (χ0) is 15.5. The van der Waals surface area contributed by atoms with Crippen molar-refractivity contribution in [3.8, 4) is 0 Å². The first-order chi connectivity index (χ1) is 9.91. The van der Waals surface area contributed by atoms with Crippen LogP contribution in [0.25, 0.3) is 0 Å². The third-order valence-corrected chi connectivity index (χ3v) is 5.36. The molecule has 0 aromatic heterocycles. The second-order valence-corrected chi connectivity index (χ2v) is 7.85. The standard InChI is InChI=1S/C18H29ClN2/c1-18(2,3)14-10-8-13(9-11-14)17(12-20)21-16-7-5-4-6-15(16)19/h4-7,13-14,17,21H,8-12,20H2,1-3H3. The number of nitrogens with two attached hydrogens (primary N) is 1. The normalized spacial score (nSPS) is 24.6. The van der Waals surface area contributed by atoms with Gasteiger partial charge in [0.1, 0.15) is 0 Å². The summed E-state index contributed by atoms with van der Waals surface area (Å²) in [6, 6.07) is 8.25. The van der Waals surface area contributed by atoms with Crippen molar-refractivity contribution in [2.75, 3.05) is 11.9 Å². The van der Waals surface area contributed by atoms with Gasteiger partial charge in [-0.3, -0.25) is 0 Å². The molecule has 0 bridgehead atoms. The minimum atomic E-state index is 0.325. The van der Waals surface area contributed by atoms with Gasteiger partial charge < -0.3 is 11.1 Å². The molecule has 2 rings (SSSR count). The van der Waals surface area contributed by atoms with Crippen LogP contribution in [0.2, 0.25) is 5.02 Å². The molecule has 118 valence electrons. The number of nitrogens with one attached hydrogen (secondary N) is 1. The number of hydrogen-bond acceptors (Lipinski definition) is 2. The minimum absolute atomic E-state index is 0.325. The maximum Gasteiger partial charge on any atom is 0.0637 e. The summed E-state index contributed by atoms with van der Waals surface area (Å²) in [5.41, 5.74) is 7.45. The summed E-state index contributed by atoms with van der Waals surface area (Å²) in [7, 11) is 0. The SMILES string of the molecule is CC(C)(C)C1CCC(C(CN)Nc2ccccc2Cl)CC1. The largest absolute Gasteiger partial charge is 0.380 e. The fraction of sp³-hybridized carbons (Fsp3) is 0.667. The van der Waals surface area contributed by atoms with Gasteiger partial charge in [-0.1, -0.05) is 44.5 Å². The number of hydrogen-bond donors (Lipinski definition) is 2. The van der Waals surface area contributed by atoms with Gasteiger partial charge in [-0.05, 0) is 55.1 Å². The Morgan fingerprint density at radius 2 is 1.81 bits per heavy atom. The molecule has 0 radical (unpaired) electrons. The lowest BCUT2D eigenvalue weighted by molar-refractivity contribution is 0.143. The van der Waals surface area contributed by atoms with Crippen LogP contribution in [0.15, 0.2) is 24.3 Å². The first kappa shape index (κ1) is 16.6. The van der Waals surface area contributed by atoms with E-state index in [1.54, 1.807) is 0 Å². The van der Waals surface area contributed by atoms with Crippen molar-refractivity contribution in [1.82, 2.24) is 0 Å². The molecule has 3 N–H and O–H groups in total. The summed E-state index contributed by atoms with van der Waals surface area (Å²) in [5, 5.41) is 4.34. The van der Waals surface area contributed by atoms with Crippen LogP contribution in [-0.2, 0) is 0 Å². The molecular weight excluding hydrogens is 280 g/mol.